The Morgan fingerprint density at radius 1 is 1.27 bits per heavy atom. The number of sulfonamides is 1. The van der Waals surface area contributed by atoms with Crippen molar-refractivity contribution in [3.8, 4) is 0 Å². The molecule has 0 spiro atoms. The maximum atomic E-state index is 12.4. The number of amides is 1. The van der Waals surface area contributed by atoms with Gasteiger partial charge >= 0.3 is 12.3 Å². The molecule has 1 fully saturated rings. The second kappa shape index (κ2) is 9.89. The van der Waals surface area contributed by atoms with Crippen molar-refractivity contribution in [3.63, 3.8) is 0 Å². The first-order valence-corrected chi connectivity index (χ1v) is 11.3. The molecule has 2 aromatic rings. The lowest BCUT2D eigenvalue weighted by atomic mass is 10.1. The standard InChI is InChI=1S/C19H22F3N5O5S/c1-11(7-19(20,21)22)26-18(28)32-14-6-16(31-10-14)12-8-24-17(25-9-12)27-13-2-4-15(5-3-13)33(23,29)30/h2-5,8-9,11,14,16H,6-7,10H2,1H3,(H,26,28)(H2,23,29,30)(H,24,25,27)/t11-,14?,16?/m0/s1. The quantitative estimate of drug-likeness (QED) is 0.538. The number of primary sulfonamides is 1. The third-order valence-electron chi connectivity index (χ3n) is 4.62. The van der Waals surface area contributed by atoms with Crippen LogP contribution in [0.5, 0.6) is 0 Å². The Kier molecular flexibility index (Phi) is 7.39. The van der Waals surface area contributed by atoms with E-state index in [4.69, 9.17) is 14.6 Å². The van der Waals surface area contributed by atoms with Crippen LogP contribution in [0.25, 0.3) is 0 Å². The van der Waals surface area contributed by atoms with Crippen molar-refractivity contribution in [3.05, 3.63) is 42.2 Å². The molecule has 3 rings (SSSR count). The minimum atomic E-state index is -4.39. The average Bonchev–Trinajstić information content (AvgIpc) is 3.15. The summed E-state index contributed by atoms with van der Waals surface area (Å²) in [5.74, 6) is 0.255. The number of hydrogen-bond donors (Lipinski definition) is 3. The van der Waals surface area contributed by atoms with Gasteiger partial charge in [0.05, 0.1) is 24.0 Å². The maximum Gasteiger partial charge on any atom is 0.407 e. The van der Waals surface area contributed by atoms with E-state index in [1.54, 1.807) is 0 Å². The molecule has 1 saturated heterocycles. The molecule has 3 atom stereocenters. The van der Waals surface area contributed by atoms with Crippen molar-refractivity contribution < 1.29 is 35.9 Å². The Morgan fingerprint density at radius 2 is 1.91 bits per heavy atom. The number of benzene rings is 1. The highest BCUT2D eigenvalue weighted by molar-refractivity contribution is 7.89. The van der Waals surface area contributed by atoms with Crippen LogP contribution >= 0.6 is 0 Å². The van der Waals surface area contributed by atoms with Crippen LogP contribution in [-0.2, 0) is 19.5 Å². The molecular weight excluding hydrogens is 467 g/mol. The van der Waals surface area contributed by atoms with Crippen LogP contribution in [0.4, 0.5) is 29.6 Å². The van der Waals surface area contributed by atoms with Gasteiger partial charge in [-0.3, -0.25) is 0 Å². The minimum absolute atomic E-state index is 0.0250. The molecule has 1 aliphatic heterocycles. The van der Waals surface area contributed by atoms with Gasteiger partial charge in [0.15, 0.2) is 0 Å². The molecule has 4 N–H and O–H groups in total. The molecule has 10 nitrogen and oxygen atoms in total. The highest BCUT2D eigenvalue weighted by Crippen LogP contribution is 2.30. The van der Waals surface area contributed by atoms with E-state index in [2.05, 4.69) is 20.6 Å². The fourth-order valence-electron chi connectivity index (χ4n) is 3.12. The Labute approximate surface area is 187 Å². The zero-order valence-electron chi connectivity index (χ0n) is 17.4. The topological polar surface area (TPSA) is 146 Å². The molecule has 2 heterocycles. The van der Waals surface area contributed by atoms with Gasteiger partial charge in [-0.25, -0.2) is 28.3 Å². The van der Waals surface area contributed by atoms with Crippen molar-refractivity contribution in [1.29, 1.82) is 0 Å². The van der Waals surface area contributed by atoms with Crippen molar-refractivity contribution in [2.24, 2.45) is 5.14 Å². The summed E-state index contributed by atoms with van der Waals surface area (Å²) >= 11 is 0. The van der Waals surface area contributed by atoms with Gasteiger partial charge < -0.3 is 20.1 Å². The second-order valence-corrected chi connectivity index (χ2v) is 9.05. The summed E-state index contributed by atoms with van der Waals surface area (Å²) in [5, 5.41) is 10.1. The first-order chi connectivity index (χ1) is 15.4. The van der Waals surface area contributed by atoms with Crippen LogP contribution in [-0.4, -0.2) is 49.4 Å². The van der Waals surface area contributed by atoms with Crippen molar-refractivity contribution >= 4 is 27.8 Å². The van der Waals surface area contributed by atoms with Crippen LogP contribution in [0.15, 0.2) is 41.6 Å². The molecule has 33 heavy (non-hydrogen) atoms. The number of carbonyl (C=O) groups excluding carboxylic acids is 1. The Balaban J connectivity index is 1.50. The van der Waals surface area contributed by atoms with E-state index in [0.717, 1.165) is 0 Å². The van der Waals surface area contributed by atoms with Crippen LogP contribution in [0, 0.1) is 0 Å². The third kappa shape index (κ3) is 7.54. The summed E-state index contributed by atoms with van der Waals surface area (Å²) in [5.41, 5.74) is 1.17. The number of alkyl halides is 3. The zero-order chi connectivity index (χ0) is 24.2. The highest BCUT2D eigenvalue weighted by atomic mass is 32.2. The number of nitrogens with zero attached hydrogens (tertiary/aromatic N) is 2. The van der Waals surface area contributed by atoms with Gasteiger partial charge in [-0.1, -0.05) is 0 Å². The molecule has 0 radical (unpaired) electrons. The van der Waals surface area contributed by atoms with E-state index in [1.807, 2.05) is 0 Å². The predicted molar refractivity (Wildman–Crippen MR) is 110 cm³/mol. The molecule has 2 unspecified atom stereocenters. The van der Waals surface area contributed by atoms with Gasteiger partial charge in [-0.15, -0.1) is 0 Å². The lowest BCUT2D eigenvalue weighted by Crippen LogP contribution is -2.38. The fourth-order valence-corrected chi connectivity index (χ4v) is 3.64. The molecule has 1 aromatic heterocycles. The molecule has 1 aromatic carbocycles. The molecule has 0 aliphatic carbocycles. The van der Waals surface area contributed by atoms with Gasteiger partial charge in [-0.05, 0) is 31.2 Å². The Hall–Kier alpha value is -2.97. The molecular formula is C19H22F3N5O5S. The molecule has 0 saturated carbocycles. The van der Waals surface area contributed by atoms with Crippen molar-refractivity contribution in [2.75, 3.05) is 11.9 Å². The van der Waals surface area contributed by atoms with Crippen molar-refractivity contribution in [1.82, 2.24) is 15.3 Å². The summed E-state index contributed by atoms with van der Waals surface area (Å²) in [6.45, 7) is 1.33. The summed E-state index contributed by atoms with van der Waals surface area (Å²) in [4.78, 5) is 20.1. The van der Waals surface area contributed by atoms with E-state index >= 15 is 0 Å². The number of aromatic nitrogens is 2. The number of halogens is 3. The van der Waals surface area contributed by atoms with Gasteiger partial charge in [0.2, 0.25) is 16.0 Å². The number of hydrogen-bond acceptors (Lipinski definition) is 8. The third-order valence-corrected chi connectivity index (χ3v) is 5.55. The van der Waals surface area contributed by atoms with E-state index in [1.165, 1.54) is 43.6 Å². The zero-order valence-corrected chi connectivity index (χ0v) is 18.2. The van der Waals surface area contributed by atoms with Crippen LogP contribution in [0.1, 0.15) is 31.4 Å². The number of carbonyl (C=O) groups is 1. The number of nitrogens with one attached hydrogen (secondary N) is 2. The van der Waals surface area contributed by atoms with Crippen LogP contribution < -0.4 is 15.8 Å². The van der Waals surface area contributed by atoms with Gasteiger partial charge in [0, 0.05) is 36.1 Å². The summed E-state index contributed by atoms with van der Waals surface area (Å²) in [7, 11) is -3.79. The fraction of sp³-hybridized carbons (Fsp3) is 0.421. The largest absolute Gasteiger partial charge is 0.444 e. The smallest absolute Gasteiger partial charge is 0.407 e. The number of alkyl carbamates (subject to hydrolysis) is 1. The first kappa shape index (κ1) is 24.7. The van der Waals surface area contributed by atoms with E-state index in [9.17, 15) is 26.4 Å². The molecule has 180 valence electrons. The van der Waals surface area contributed by atoms with E-state index in [-0.39, 0.29) is 17.5 Å². The lowest BCUT2D eigenvalue weighted by molar-refractivity contribution is -0.138. The van der Waals surface area contributed by atoms with Crippen LogP contribution in [0.3, 0.4) is 0 Å². The van der Waals surface area contributed by atoms with Gasteiger partial charge in [0.1, 0.15) is 6.10 Å². The maximum absolute atomic E-state index is 12.4. The van der Waals surface area contributed by atoms with Crippen LogP contribution in [0.2, 0.25) is 0 Å². The molecule has 1 aliphatic rings. The minimum Gasteiger partial charge on any atom is -0.444 e. The number of rotatable bonds is 7. The summed E-state index contributed by atoms with van der Waals surface area (Å²) in [6, 6.07) is 4.61. The lowest BCUT2D eigenvalue weighted by Gasteiger charge is -2.17. The predicted octanol–water partition coefficient (Wildman–Crippen LogP) is 2.76. The molecule has 1 amide bonds. The van der Waals surface area contributed by atoms with E-state index < -0.39 is 47.0 Å². The number of anilines is 2. The molecule has 14 heteroatoms. The molecule has 0 bridgehead atoms. The second-order valence-electron chi connectivity index (χ2n) is 7.48. The van der Waals surface area contributed by atoms with Crippen molar-refractivity contribution in [2.45, 2.75) is 49.1 Å². The summed E-state index contributed by atoms with van der Waals surface area (Å²) in [6.07, 6.45) is -4.21. The summed E-state index contributed by atoms with van der Waals surface area (Å²) < 4.78 is 70.4. The Morgan fingerprint density at radius 3 is 2.48 bits per heavy atom. The number of nitrogens with two attached hydrogens (primary N) is 1. The first-order valence-electron chi connectivity index (χ1n) is 9.76. The normalized spacial score (nSPS) is 19.7. The average molecular weight is 489 g/mol. The van der Waals surface area contributed by atoms with Gasteiger partial charge in [-0.2, -0.15) is 13.2 Å². The highest BCUT2D eigenvalue weighted by Gasteiger charge is 2.33. The van der Waals surface area contributed by atoms with Gasteiger partial charge in [0.25, 0.3) is 0 Å². The number of ether oxygens (including phenoxy) is 2. The monoisotopic (exact) mass is 489 g/mol. The SMILES string of the molecule is C[C@@H](CC(F)(F)F)NC(=O)OC1COC(c2cnc(Nc3ccc(S(N)(=O)=O)cc3)nc2)C1. The van der Waals surface area contributed by atoms with E-state index in [0.29, 0.717) is 17.7 Å². The Bertz CT molecular complexity index is 1060.